The third-order valence-electron chi connectivity index (χ3n) is 9.64. The van der Waals surface area contributed by atoms with E-state index in [1.54, 1.807) is 78.1 Å². The van der Waals surface area contributed by atoms with Gasteiger partial charge < -0.3 is 61.2 Å². The number of carbonyl (C=O) groups excluding carboxylic acids is 6. The maximum Gasteiger partial charge on any atom is 0.407 e. The fourth-order valence-corrected chi connectivity index (χ4v) is 6.16. The second-order valence-corrected chi connectivity index (χ2v) is 16.0. The SMILES string of the molecule is CN[C@@H]1C(=O)N(C)[C@@H](Cc2ccccc2)C(=O)N[C@H]([C@@H](C)O)C(=O)N[C@H](C)COC(=O)CNC(=O)/C=C/[C@](O)(CNCCCNC(=O)OC(C)(C)C)[C@@H](C)Oc2ccc1cc2. The third kappa shape index (κ3) is 16.4. The summed E-state index contributed by atoms with van der Waals surface area (Å²) in [6.07, 6.45) is 0.0375. The predicted octanol–water partition coefficient (Wildman–Crippen LogP) is 0.619. The molecule has 0 saturated carbocycles. The molecule has 2 aromatic carbocycles. The van der Waals surface area contributed by atoms with Crippen LogP contribution in [0.25, 0.3) is 0 Å². The van der Waals surface area contributed by atoms with Crippen LogP contribution >= 0.6 is 0 Å². The van der Waals surface area contributed by atoms with Gasteiger partial charge in [0.25, 0.3) is 0 Å². The largest absolute Gasteiger partial charge is 0.487 e. The molecule has 2 aliphatic heterocycles. The number of aliphatic hydroxyl groups excluding tert-OH is 1. The lowest BCUT2D eigenvalue weighted by Gasteiger charge is -2.33. The molecule has 336 valence electrons. The molecule has 5 amide bonds. The van der Waals surface area contributed by atoms with E-state index in [9.17, 15) is 39.0 Å². The van der Waals surface area contributed by atoms with Gasteiger partial charge in [0.15, 0.2) is 0 Å². The van der Waals surface area contributed by atoms with Crippen LogP contribution in [-0.2, 0) is 39.9 Å². The summed E-state index contributed by atoms with van der Waals surface area (Å²) in [4.78, 5) is 80.2. The third-order valence-corrected chi connectivity index (χ3v) is 9.64. The zero-order chi connectivity index (χ0) is 45.3. The van der Waals surface area contributed by atoms with Crippen LogP contribution in [0, 0.1) is 0 Å². The van der Waals surface area contributed by atoms with Crippen molar-refractivity contribution in [2.75, 3.05) is 46.9 Å². The van der Waals surface area contributed by atoms with E-state index in [1.807, 2.05) is 18.2 Å². The molecule has 4 rings (SSSR count). The molecular weight excluding hydrogens is 791 g/mol. The number of benzene rings is 2. The van der Waals surface area contributed by atoms with E-state index in [4.69, 9.17) is 14.2 Å². The Kier molecular flexibility index (Phi) is 19.1. The Labute approximate surface area is 357 Å². The maximum atomic E-state index is 14.2. The van der Waals surface area contributed by atoms with Gasteiger partial charge in [0.05, 0.1) is 12.1 Å². The number of fused-ring (bicyclic) bond motifs is 21. The van der Waals surface area contributed by atoms with Crippen LogP contribution in [0.5, 0.6) is 5.75 Å². The standard InChI is InChI=1S/C43H63N7O11/c1-27-25-59-35(53)24-47-34(52)19-20-43(58,26-45-21-12-22-46-41(57)61-42(4,5)6)29(3)60-32-17-15-31(16-18-32)37(44-7)40(56)50(8)33(23-30-13-10-9-11-14-30)38(54)49-36(28(2)51)39(55)48-27/h9-11,13-20,27-29,33,36-37,44-45,51,58H,12,21-26H2,1-8H3,(H,46,57)(H,47,52)(H,48,55)(H,49,54)/b20-19+/t27-,28-,29-,33+,36-,37+,43+/m1/s1. The Bertz CT molecular complexity index is 1800. The molecule has 2 aromatic rings. The van der Waals surface area contributed by atoms with Gasteiger partial charge >= 0.3 is 12.1 Å². The lowest BCUT2D eigenvalue weighted by atomic mass is 9.96. The summed E-state index contributed by atoms with van der Waals surface area (Å²) < 4.78 is 16.6. The smallest absolute Gasteiger partial charge is 0.407 e. The van der Waals surface area contributed by atoms with Crippen LogP contribution in [0.15, 0.2) is 66.7 Å². The first-order valence-electron chi connectivity index (χ1n) is 20.3. The first-order valence-corrected chi connectivity index (χ1v) is 20.3. The number of aliphatic hydroxyl groups is 2. The Morgan fingerprint density at radius 1 is 1.00 bits per heavy atom. The molecule has 2 bridgehead atoms. The summed E-state index contributed by atoms with van der Waals surface area (Å²) in [5, 5.41) is 38.9. The fourth-order valence-electron chi connectivity index (χ4n) is 6.16. The fraction of sp³-hybridized carbons (Fsp3) is 0.535. The normalized spacial score (nSPS) is 25.0. The van der Waals surface area contributed by atoms with Gasteiger partial charge in [-0.25, -0.2) is 4.79 Å². The molecule has 0 fully saturated rings. The number of carbonyl (C=O) groups is 6. The topological polar surface area (TPSA) is 246 Å². The molecule has 0 saturated heterocycles. The minimum Gasteiger partial charge on any atom is -0.487 e. The van der Waals surface area contributed by atoms with Crippen molar-refractivity contribution >= 4 is 35.7 Å². The van der Waals surface area contributed by atoms with Crippen LogP contribution in [0.4, 0.5) is 4.79 Å². The lowest BCUT2D eigenvalue weighted by Crippen LogP contribution is -2.59. The second kappa shape index (κ2) is 23.4. The highest BCUT2D eigenvalue weighted by atomic mass is 16.6. The molecule has 7 atom stereocenters. The van der Waals surface area contributed by atoms with E-state index < -0.39 is 89.8 Å². The minimum absolute atomic E-state index is 0.0789. The van der Waals surface area contributed by atoms with Crippen molar-refractivity contribution in [1.29, 1.82) is 0 Å². The van der Waals surface area contributed by atoms with Crippen molar-refractivity contribution < 1.29 is 53.2 Å². The van der Waals surface area contributed by atoms with Gasteiger partial charge in [0.2, 0.25) is 23.6 Å². The van der Waals surface area contributed by atoms with Crippen molar-refractivity contribution in [2.24, 2.45) is 0 Å². The van der Waals surface area contributed by atoms with E-state index in [1.165, 1.54) is 24.9 Å². The van der Waals surface area contributed by atoms with Gasteiger partial charge in [0, 0.05) is 32.6 Å². The summed E-state index contributed by atoms with van der Waals surface area (Å²) in [6.45, 7) is 9.53. The molecule has 8 N–H and O–H groups in total. The quantitative estimate of drug-likeness (QED) is 0.0930. The Morgan fingerprint density at radius 3 is 2.30 bits per heavy atom. The number of hydrogen-bond acceptors (Lipinski definition) is 13. The maximum absolute atomic E-state index is 14.2. The van der Waals surface area contributed by atoms with E-state index in [2.05, 4.69) is 31.9 Å². The molecule has 61 heavy (non-hydrogen) atoms. The first kappa shape index (κ1) is 49.8. The zero-order valence-corrected chi connectivity index (χ0v) is 36.3. The predicted molar refractivity (Wildman–Crippen MR) is 226 cm³/mol. The van der Waals surface area contributed by atoms with Crippen LogP contribution in [0.3, 0.4) is 0 Å². The van der Waals surface area contributed by atoms with E-state index in [0.29, 0.717) is 30.8 Å². The van der Waals surface area contributed by atoms with Crippen molar-refractivity contribution in [3.63, 3.8) is 0 Å². The number of esters is 1. The number of ether oxygens (including phenoxy) is 3. The van der Waals surface area contributed by atoms with E-state index in [0.717, 1.165) is 11.6 Å². The Hall–Kier alpha value is -5.56. The average Bonchev–Trinajstić information content (AvgIpc) is 3.20. The van der Waals surface area contributed by atoms with Gasteiger partial charge in [-0.15, -0.1) is 0 Å². The number of alkyl carbamates (subject to hydrolysis) is 1. The molecule has 0 aromatic heterocycles. The highest BCUT2D eigenvalue weighted by molar-refractivity contribution is 5.94. The summed E-state index contributed by atoms with van der Waals surface area (Å²) in [7, 11) is 3.08. The summed E-state index contributed by atoms with van der Waals surface area (Å²) >= 11 is 0. The summed E-state index contributed by atoms with van der Waals surface area (Å²) in [6, 6.07) is 11.3. The summed E-state index contributed by atoms with van der Waals surface area (Å²) in [5.74, 6) is -3.12. The second-order valence-electron chi connectivity index (χ2n) is 16.0. The average molecular weight is 854 g/mol. The molecule has 2 heterocycles. The van der Waals surface area contributed by atoms with Gasteiger partial charge in [0.1, 0.15) is 54.3 Å². The van der Waals surface area contributed by atoms with Gasteiger partial charge in [-0.2, -0.15) is 0 Å². The van der Waals surface area contributed by atoms with E-state index in [-0.39, 0.29) is 19.6 Å². The van der Waals surface area contributed by atoms with E-state index >= 15 is 0 Å². The number of likely N-dealkylation sites (N-methyl/N-ethyl adjacent to an activating group) is 2. The molecule has 0 aliphatic carbocycles. The number of nitrogens with zero attached hydrogens (tertiary/aromatic N) is 1. The van der Waals surface area contributed by atoms with Crippen LogP contribution in [0.2, 0.25) is 0 Å². The first-order chi connectivity index (χ1) is 28.7. The van der Waals surface area contributed by atoms with Crippen molar-refractivity contribution in [1.82, 2.24) is 36.8 Å². The molecule has 0 unspecified atom stereocenters. The Morgan fingerprint density at radius 2 is 1.67 bits per heavy atom. The van der Waals surface area contributed by atoms with Crippen LogP contribution in [0.1, 0.15) is 65.1 Å². The van der Waals surface area contributed by atoms with Crippen LogP contribution in [-0.4, -0.2) is 139 Å². The monoisotopic (exact) mass is 853 g/mol. The number of amides is 5. The van der Waals surface area contributed by atoms with Gasteiger partial charge in [-0.05, 0) is 90.9 Å². The Balaban J connectivity index is 1.92. The highest BCUT2D eigenvalue weighted by Gasteiger charge is 2.36. The number of nitrogens with one attached hydrogen (secondary N) is 6. The number of hydrogen-bond donors (Lipinski definition) is 8. The van der Waals surface area contributed by atoms with Gasteiger partial charge in [-0.1, -0.05) is 42.5 Å². The van der Waals surface area contributed by atoms with Crippen molar-refractivity contribution in [3.05, 3.63) is 77.9 Å². The van der Waals surface area contributed by atoms with Crippen molar-refractivity contribution in [2.45, 2.75) is 102 Å². The van der Waals surface area contributed by atoms with Crippen LogP contribution < -0.4 is 36.6 Å². The lowest BCUT2D eigenvalue weighted by molar-refractivity contribution is -0.145. The van der Waals surface area contributed by atoms with Gasteiger partial charge in [-0.3, -0.25) is 24.0 Å². The molecule has 0 spiro atoms. The molecular formula is C43H63N7O11. The summed E-state index contributed by atoms with van der Waals surface area (Å²) in [5.41, 5.74) is -1.15. The molecule has 18 nitrogen and oxygen atoms in total. The molecule has 2 aliphatic rings. The minimum atomic E-state index is -1.78. The van der Waals surface area contributed by atoms with Crippen molar-refractivity contribution in [3.8, 4) is 5.75 Å². The molecule has 0 radical (unpaired) electrons. The molecule has 18 heteroatoms. The zero-order valence-electron chi connectivity index (χ0n) is 36.3. The number of rotatable bonds is 10. The highest BCUT2D eigenvalue weighted by Crippen LogP contribution is 2.25.